The van der Waals surface area contributed by atoms with Gasteiger partial charge in [0.2, 0.25) is 11.7 Å². The summed E-state index contributed by atoms with van der Waals surface area (Å²) in [5, 5.41) is 4.03. The average molecular weight is 359 g/mol. The van der Waals surface area contributed by atoms with Gasteiger partial charge in [-0.25, -0.2) is 4.39 Å². The lowest BCUT2D eigenvalue weighted by Crippen LogP contribution is -2.39. The Kier molecular flexibility index (Phi) is 5.20. The first kappa shape index (κ1) is 17.5. The van der Waals surface area contributed by atoms with Gasteiger partial charge in [-0.2, -0.15) is 4.98 Å². The Hall–Kier alpha value is -1.95. The molecule has 0 N–H and O–H groups in total. The van der Waals surface area contributed by atoms with Crippen molar-refractivity contribution in [3.8, 4) is 5.75 Å². The fourth-order valence-corrected chi connectivity index (χ4v) is 3.78. The Balaban J connectivity index is 1.33. The molecule has 2 fully saturated rings. The summed E-state index contributed by atoms with van der Waals surface area (Å²) in [6, 6.07) is 7.25. The second-order valence-electron chi connectivity index (χ2n) is 7.66. The molecule has 1 aromatic carbocycles. The molecule has 26 heavy (non-hydrogen) atoms. The molecule has 2 aliphatic rings. The van der Waals surface area contributed by atoms with Gasteiger partial charge in [0, 0.05) is 12.1 Å². The molecule has 6 heteroatoms. The largest absolute Gasteiger partial charge is 0.485 e. The summed E-state index contributed by atoms with van der Waals surface area (Å²) in [6.45, 7) is 3.30. The van der Waals surface area contributed by atoms with Crippen LogP contribution in [0.1, 0.15) is 57.2 Å². The van der Waals surface area contributed by atoms with Gasteiger partial charge in [0.15, 0.2) is 6.61 Å². The summed E-state index contributed by atoms with van der Waals surface area (Å²) < 4.78 is 24.0. The number of halogens is 1. The maximum atomic E-state index is 12.9. The van der Waals surface area contributed by atoms with E-state index in [0.29, 0.717) is 29.5 Å². The van der Waals surface area contributed by atoms with E-state index in [1.165, 1.54) is 50.7 Å². The van der Waals surface area contributed by atoms with Crippen LogP contribution in [0.4, 0.5) is 4.39 Å². The molecule has 4 rings (SSSR count). The van der Waals surface area contributed by atoms with Crippen LogP contribution < -0.4 is 4.74 Å². The smallest absolute Gasteiger partial charge is 0.240 e. The topological polar surface area (TPSA) is 51.4 Å². The molecule has 0 unspecified atom stereocenters. The maximum Gasteiger partial charge on any atom is 0.240 e. The van der Waals surface area contributed by atoms with E-state index in [1.54, 1.807) is 12.1 Å². The van der Waals surface area contributed by atoms with Crippen molar-refractivity contribution in [2.24, 2.45) is 5.92 Å². The van der Waals surface area contributed by atoms with E-state index >= 15 is 0 Å². The summed E-state index contributed by atoms with van der Waals surface area (Å²) in [4.78, 5) is 7.06. The molecule has 1 aromatic heterocycles. The molecular formula is C20H26FN3O2. The first-order valence-corrected chi connectivity index (χ1v) is 9.63. The highest BCUT2D eigenvalue weighted by Crippen LogP contribution is 2.36. The minimum atomic E-state index is -0.281. The third kappa shape index (κ3) is 4.41. The van der Waals surface area contributed by atoms with Crippen molar-refractivity contribution in [3.05, 3.63) is 41.8 Å². The van der Waals surface area contributed by atoms with E-state index in [2.05, 4.69) is 22.0 Å². The Morgan fingerprint density at radius 1 is 1.08 bits per heavy atom. The zero-order chi connectivity index (χ0) is 17.9. The number of ether oxygens (including phenoxy) is 1. The predicted molar refractivity (Wildman–Crippen MR) is 95.0 cm³/mol. The summed E-state index contributed by atoms with van der Waals surface area (Å²) in [7, 11) is 0. The number of hydrogen-bond acceptors (Lipinski definition) is 5. The van der Waals surface area contributed by atoms with E-state index in [1.807, 2.05) is 0 Å². The molecular weight excluding hydrogens is 333 g/mol. The zero-order valence-corrected chi connectivity index (χ0v) is 15.2. The van der Waals surface area contributed by atoms with Gasteiger partial charge in [0.25, 0.3) is 0 Å². The molecule has 0 saturated heterocycles. The van der Waals surface area contributed by atoms with Gasteiger partial charge >= 0.3 is 0 Å². The average Bonchev–Trinajstić information content (AvgIpc) is 3.39. The van der Waals surface area contributed by atoms with E-state index in [9.17, 15) is 4.39 Å². The molecule has 2 aromatic rings. The lowest BCUT2D eigenvalue weighted by Gasteiger charge is -2.35. The van der Waals surface area contributed by atoms with Crippen LogP contribution in [-0.2, 0) is 13.2 Å². The van der Waals surface area contributed by atoms with Crippen LogP contribution in [0, 0.1) is 11.7 Å². The van der Waals surface area contributed by atoms with Crippen LogP contribution in [0.25, 0.3) is 0 Å². The molecule has 1 heterocycles. The highest BCUT2D eigenvalue weighted by molar-refractivity contribution is 5.22. The van der Waals surface area contributed by atoms with Crippen molar-refractivity contribution in [2.75, 3.05) is 0 Å². The van der Waals surface area contributed by atoms with Crippen LogP contribution in [0.5, 0.6) is 5.75 Å². The minimum Gasteiger partial charge on any atom is -0.485 e. The number of rotatable bonds is 7. The van der Waals surface area contributed by atoms with Gasteiger partial charge in [0.1, 0.15) is 11.6 Å². The second-order valence-corrected chi connectivity index (χ2v) is 7.66. The molecule has 2 saturated carbocycles. The first-order chi connectivity index (χ1) is 12.7. The van der Waals surface area contributed by atoms with Gasteiger partial charge in [-0.1, -0.05) is 12.1 Å². The van der Waals surface area contributed by atoms with Crippen LogP contribution in [-0.4, -0.2) is 27.1 Å². The Bertz CT molecular complexity index is 706. The Morgan fingerprint density at radius 2 is 1.73 bits per heavy atom. The van der Waals surface area contributed by atoms with Crippen molar-refractivity contribution in [1.29, 1.82) is 0 Å². The van der Waals surface area contributed by atoms with Gasteiger partial charge in [-0.15, -0.1) is 0 Å². The minimum absolute atomic E-state index is 0.222. The molecule has 0 atom stereocenters. The highest BCUT2D eigenvalue weighted by Gasteiger charge is 2.36. The fourth-order valence-electron chi connectivity index (χ4n) is 3.78. The van der Waals surface area contributed by atoms with Crippen molar-refractivity contribution in [1.82, 2.24) is 15.0 Å². The molecule has 0 aliphatic heterocycles. The van der Waals surface area contributed by atoms with Gasteiger partial charge < -0.3 is 9.26 Å². The third-order valence-corrected chi connectivity index (χ3v) is 5.48. The lowest BCUT2D eigenvalue weighted by atomic mass is 9.86. The molecule has 0 amide bonds. The number of benzene rings is 1. The summed E-state index contributed by atoms with van der Waals surface area (Å²) in [6.07, 6.45) is 7.73. The van der Waals surface area contributed by atoms with Crippen molar-refractivity contribution >= 4 is 0 Å². The van der Waals surface area contributed by atoms with Crippen molar-refractivity contribution < 1.29 is 13.7 Å². The van der Waals surface area contributed by atoms with Crippen molar-refractivity contribution in [3.63, 3.8) is 0 Å². The summed E-state index contributed by atoms with van der Waals surface area (Å²) >= 11 is 0. The highest BCUT2D eigenvalue weighted by atomic mass is 19.1. The Morgan fingerprint density at radius 3 is 2.38 bits per heavy atom. The zero-order valence-electron chi connectivity index (χ0n) is 15.2. The van der Waals surface area contributed by atoms with Gasteiger partial charge in [-0.3, -0.25) is 4.90 Å². The van der Waals surface area contributed by atoms with Gasteiger partial charge in [0.05, 0.1) is 6.54 Å². The summed E-state index contributed by atoms with van der Waals surface area (Å²) in [5.41, 5.74) is 0. The third-order valence-electron chi connectivity index (χ3n) is 5.48. The monoisotopic (exact) mass is 359 g/mol. The number of hydrogen-bond donors (Lipinski definition) is 0. The van der Waals surface area contributed by atoms with E-state index in [0.717, 1.165) is 12.5 Å². The fraction of sp³-hybridized carbons (Fsp3) is 0.600. The number of aromatic nitrogens is 2. The van der Waals surface area contributed by atoms with Crippen molar-refractivity contribution in [2.45, 2.75) is 70.7 Å². The second kappa shape index (κ2) is 7.74. The van der Waals surface area contributed by atoms with Crippen LogP contribution in [0.3, 0.4) is 0 Å². The molecule has 2 aliphatic carbocycles. The van der Waals surface area contributed by atoms with Crippen LogP contribution in [0.15, 0.2) is 28.8 Å². The molecule has 0 radical (unpaired) electrons. The van der Waals surface area contributed by atoms with E-state index < -0.39 is 0 Å². The summed E-state index contributed by atoms with van der Waals surface area (Å²) in [5.74, 6) is 2.35. The van der Waals surface area contributed by atoms with E-state index in [-0.39, 0.29) is 12.4 Å². The van der Waals surface area contributed by atoms with Crippen LogP contribution in [0.2, 0.25) is 0 Å². The molecule has 0 bridgehead atoms. The lowest BCUT2D eigenvalue weighted by molar-refractivity contribution is 0.110. The molecule has 5 nitrogen and oxygen atoms in total. The van der Waals surface area contributed by atoms with Crippen LogP contribution >= 0.6 is 0 Å². The number of nitrogens with zero attached hydrogens (tertiary/aromatic N) is 3. The standard InChI is InChI=1S/C20H26FN3O2/c1-14-2-6-16(7-3-14)24(17-8-9-17)12-20-22-19(23-26-20)13-25-18-10-4-15(21)5-11-18/h4-5,10-11,14,16-17H,2-3,6-9,12-13H2,1H3. The maximum absolute atomic E-state index is 12.9. The van der Waals surface area contributed by atoms with E-state index in [4.69, 9.17) is 9.26 Å². The Labute approximate surface area is 153 Å². The van der Waals surface area contributed by atoms with Gasteiger partial charge in [-0.05, 0) is 68.7 Å². The predicted octanol–water partition coefficient (Wildman–Crippen LogP) is 4.33. The molecule has 0 spiro atoms. The quantitative estimate of drug-likeness (QED) is 0.736. The molecule has 140 valence electrons. The first-order valence-electron chi connectivity index (χ1n) is 9.63. The normalized spacial score (nSPS) is 23.3. The SMILES string of the molecule is CC1CCC(N(Cc2nc(COc3ccc(F)cc3)no2)C2CC2)CC1.